The van der Waals surface area contributed by atoms with Gasteiger partial charge in [-0.2, -0.15) is 5.26 Å². The first-order valence-electron chi connectivity index (χ1n) is 5.12. The van der Waals surface area contributed by atoms with Crippen LogP contribution in [0.15, 0.2) is 18.2 Å². The van der Waals surface area contributed by atoms with Gasteiger partial charge in [-0.1, -0.05) is 6.07 Å². The molecule has 0 aliphatic heterocycles. The summed E-state index contributed by atoms with van der Waals surface area (Å²) in [6.45, 7) is 2.04. The van der Waals surface area contributed by atoms with E-state index in [9.17, 15) is 9.50 Å². The Morgan fingerprint density at radius 1 is 1.56 bits per heavy atom. The maximum atomic E-state index is 13.5. The van der Waals surface area contributed by atoms with Crippen molar-refractivity contribution >= 4 is 5.69 Å². The number of aliphatic hydroxyl groups is 1. The van der Waals surface area contributed by atoms with Gasteiger partial charge in [0.1, 0.15) is 5.82 Å². The highest BCUT2D eigenvalue weighted by Gasteiger charge is 2.15. The van der Waals surface area contributed by atoms with Gasteiger partial charge in [0.05, 0.1) is 18.6 Å². The molecule has 1 aromatic rings. The molecular formula is C12H15FN2O. The van der Waals surface area contributed by atoms with Crippen molar-refractivity contribution in [2.75, 3.05) is 18.5 Å². The molecule has 0 heterocycles. The molecule has 1 aromatic carbocycles. The van der Waals surface area contributed by atoms with Crippen LogP contribution in [0, 0.1) is 17.1 Å². The van der Waals surface area contributed by atoms with Crippen LogP contribution in [0.5, 0.6) is 0 Å². The third-order valence-electron chi connectivity index (χ3n) is 2.42. The Hall–Kier alpha value is -1.60. The number of anilines is 1. The van der Waals surface area contributed by atoms with Gasteiger partial charge in [-0.15, -0.1) is 0 Å². The fourth-order valence-corrected chi connectivity index (χ4v) is 1.61. The fraction of sp³-hybridized carbons (Fsp3) is 0.417. The molecule has 0 amide bonds. The maximum Gasteiger partial charge on any atom is 0.131 e. The molecule has 16 heavy (non-hydrogen) atoms. The van der Waals surface area contributed by atoms with E-state index in [-0.39, 0.29) is 5.56 Å². The molecule has 0 aliphatic rings. The van der Waals surface area contributed by atoms with Gasteiger partial charge < -0.3 is 10.0 Å². The predicted octanol–water partition coefficient (Wildman–Crippen LogP) is 2.23. The Kier molecular flexibility index (Phi) is 4.27. The highest BCUT2D eigenvalue weighted by atomic mass is 19.1. The zero-order valence-electron chi connectivity index (χ0n) is 9.44. The van der Waals surface area contributed by atoms with Crippen molar-refractivity contribution in [3.8, 4) is 6.07 Å². The first-order chi connectivity index (χ1) is 7.57. The molecule has 4 heteroatoms. The van der Waals surface area contributed by atoms with E-state index in [4.69, 9.17) is 5.26 Å². The third kappa shape index (κ3) is 2.71. The average molecular weight is 222 g/mol. The van der Waals surface area contributed by atoms with Crippen molar-refractivity contribution in [3.63, 3.8) is 0 Å². The smallest absolute Gasteiger partial charge is 0.131 e. The van der Waals surface area contributed by atoms with E-state index < -0.39 is 11.9 Å². The molecule has 0 unspecified atom stereocenters. The van der Waals surface area contributed by atoms with Crippen molar-refractivity contribution < 1.29 is 9.50 Å². The van der Waals surface area contributed by atoms with Crippen molar-refractivity contribution in [1.82, 2.24) is 0 Å². The Morgan fingerprint density at radius 2 is 2.25 bits per heavy atom. The number of halogens is 1. The quantitative estimate of drug-likeness (QED) is 0.849. The molecule has 86 valence electrons. The largest absolute Gasteiger partial charge is 0.389 e. The monoisotopic (exact) mass is 222 g/mol. The minimum Gasteiger partial charge on any atom is -0.389 e. The molecule has 3 nitrogen and oxygen atoms in total. The molecule has 0 saturated carbocycles. The molecule has 0 radical (unpaired) electrons. The van der Waals surface area contributed by atoms with Gasteiger partial charge in [0.25, 0.3) is 0 Å². The van der Waals surface area contributed by atoms with Crippen LogP contribution in [0.3, 0.4) is 0 Å². The SMILES string of the molecule is C[C@H](O)c1c(F)cccc1N(C)CCC#N. The molecule has 1 rings (SSSR count). The molecule has 1 atom stereocenters. The molecule has 0 aromatic heterocycles. The number of rotatable bonds is 4. The van der Waals surface area contributed by atoms with E-state index in [0.29, 0.717) is 18.7 Å². The first-order valence-corrected chi connectivity index (χ1v) is 5.12. The molecule has 0 spiro atoms. The van der Waals surface area contributed by atoms with E-state index in [1.54, 1.807) is 24.1 Å². The number of benzene rings is 1. The minimum atomic E-state index is -0.860. The number of hydrogen-bond donors (Lipinski definition) is 1. The molecule has 0 aliphatic carbocycles. The highest BCUT2D eigenvalue weighted by molar-refractivity contribution is 5.54. The summed E-state index contributed by atoms with van der Waals surface area (Å²) < 4.78 is 13.5. The number of nitrogens with zero attached hydrogens (tertiary/aromatic N) is 2. The molecule has 0 saturated heterocycles. The molecule has 1 N–H and O–H groups in total. The minimum absolute atomic E-state index is 0.280. The van der Waals surface area contributed by atoms with Crippen LogP contribution in [-0.2, 0) is 0 Å². The lowest BCUT2D eigenvalue weighted by atomic mass is 10.1. The van der Waals surface area contributed by atoms with Gasteiger partial charge in [0, 0.05) is 24.8 Å². The highest BCUT2D eigenvalue weighted by Crippen LogP contribution is 2.28. The van der Waals surface area contributed by atoms with Crippen LogP contribution in [0.2, 0.25) is 0 Å². The van der Waals surface area contributed by atoms with Crippen molar-refractivity contribution in [2.45, 2.75) is 19.4 Å². The second kappa shape index (κ2) is 5.47. The summed E-state index contributed by atoms with van der Waals surface area (Å²) in [4.78, 5) is 1.77. The lowest BCUT2D eigenvalue weighted by molar-refractivity contribution is 0.194. The van der Waals surface area contributed by atoms with Gasteiger partial charge in [-0.25, -0.2) is 4.39 Å². The Morgan fingerprint density at radius 3 is 2.81 bits per heavy atom. The van der Waals surface area contributed by atoms with E-state index in [1.165, 1.54) is 13.0 Å². The van der Waals surface area contributed by atoms with Gasteiger partial charge in [0.2, 0.25) is 0 Å². The van der Waals surface area contributed by atoms with Gasteiger partial charge in [-0.05, 0) is 19.1 Å². The van der Waals surface area contributed by atoms with Crippen LogP contribution in [0.1, 0.15) is 25.0 Å². The summed E-state index contributed by atoms with van der Waals surface area (Å²) >= 11 is 0. The zero-order chi connectivity index (χ0) is 12.1. The summed E-state index contributed by atoms with van der Waals surface area (Å²) in [6.07, 6.45) is -0.493. The maximum absolute atomic E-state index is 13.5. The normalized spacial score (nSPS) is 11.9. The number of hydrogen-bond acceptors (Lipinski definition) is 3. The second-order valence-electron chi connectivity index (χ2n) is 3.68. The predicted molar refractivity (Wildman–Crippen MR) is 60.5 cm³/mol. The molecular weight excluding hydrogens is 207 g/mol. The summed E-state index contributed by atoms with van der Waals surface area (Å²) in [5.74, 6) is -0.420. The Bertz CT molecular complexity index is 398. The van der Waals surface area contributed by atoms with Crippen LogP contribution in [0.25, 0.3) is 0 Å². The summed E-state index contributed by atoms with van der Waals surface area (Å²) in [6, 6.07) is 6.69. The van der Waals surface area contributed by atoms with Crippen molar-refractivity contribution in [3.05, 3.63) is 29.6 Å². The average Bonchev–Trinajstić information content (AvgIpc) is 2.24. The van der Waals surface area contributed by atoms with E-state index >= 15 is 0 Å². The van der Waals surface area contributed by atoms with E-state index in [0.717, 1.165) is 0 Å². The first kappa shape index (κ1) is 12.5. The Balaban J connectivity index is 3.03. The van der Waals surface area contributed by atoms with Crippen LogP contribution in [-0.4, -0.2) is 18.7 Å². The van der Waals surface area contributed by atoms with E-state index in [2.05, 4.69) is 0 Å². The van der Waals surface area contributed by atoms with Crippen molar-refractivity contribution in [1.29, 1.82) is 5.26 Å². The van der Waals surface area contributed by atoms with E-state index in [1.807, 2.05) is 6.07 Å². The third-order valence-corrected chi connectivity index (χ3v) is 2.42. The Labute approximate surface area is 94.7 Å². The number of aliphatic hydroxyl groups excluding tert-OH is 1. The lowest BCUT2D eigenvalue weighted by Gasteiger charge is -2.22. The second-order valence-corrected chi connectivity index (χ2v) is 3.68. The number of nitriles is 1. The molecule has 0 bridgehead atoms. The van der Waals surface area contributed by atoms with Gasteiger partial charge >= 0.3 is 0 Å². The zero-order valence-corrected chi connectivity index (χ0v) is 9.44. The summed E-state index contributed by atoms with van der Waals surface area (Å²) in [5, 5.41) is 18.0. The van der Waals surface area contributed by atoms with Crippen LogP contribution in [0.4, 0.5) is 10.1 Å². The van der Waals surface area contributed by atoms with Crippen LogP contribution >= 0.6 is 0 Å². The summed E-state index contributed by atoms with van der Waals surface area (Å²) in [7, 11) is 1.78. The standard InChI is InChI=1S/C12H15FN2O/c1-9(16)12-10(13)5-3-6-11(12)15(2)8-4-7-14/h3,5-6,9,16H,4,8H2,1-2H3/t9-/m0/s1. The van der Waals surface area contributed by atoms with Crippen molar-refractivity contribution in [2.24, 2.45) is 0 Å². The van der Waals surface area contributed by atoms with Gasteiger partial charge in [0.15, 0.2) is 0 Å². The van der Waals surface area contributed by atoms with Gasteiger partial charge in [-0.3, -0.25) is 0 Å². The summed E-state index contributed by atoms with van der Waals surface area (Å²) in [5.41, 5.74) is 0.910. The van der Waals surface area contributed by atoms with Crippen LogP contribution < -0.4 is 4.90 Å². The topological polar surface area (TPSA) is 47.3 Å². The lowest BCUT2D eigenvalue weighted by Crippen LogP contribution is -2.20. The fourth-order valence-electron chi connectivity index (χ4n) is 1.61. The molecule has 0 fully saturated rings.